The molecule has 0 fully saturated rings. The second-order valence-corrected chi connectivity index (χ2v) is 8.60. The van der Waals surface area contributed by atoms with Crippen LogP contribution in [-0.2, 0) is 0 Å². The molecule has 4 aromatic rings. The Morgan fingerprint density at radius 2 is 1.21 bits per heavy atom. The van der Waals surface area contributed by atoms with Crippen molar-refractivity contribution in [2.75, 3.05) is 13.2 Å². The van der Waals surface area contributed by atoms with E-state index < -0.39 is 34.8 Å². The molecule has 0 N–H and O–H groups in total. The molecule has 0 atom stereocenters. The largest absolute Gasteiger partial charge is 0.494 e. The molecule has 0 aliphatic carbocycles. The van der Waals surface area contributed by atoms with Gasteiger partial charge in [-0.15, -0.1) is 0 Å². The van der Waals surface area contributed by atoms with Gasteiger partial charge < -0.3 is 14.2 Å². The van der Waals surface area contributed by atoms with E-state index in [1.54, 1.807) is 31.2 Å². The van der Waals surface area contributed by atoms with E-state index in [4.69, 9.17) is 14.2 Å². The fourth-order valence-corrected chi connectivity index (χ4v) is 3.88. The highest BCUT2D eigenvalue weighted by Gasteiger charge is 2.21. The number of hydrogen-bond donors (Lipinski definition) is 0. The maximum Gasteiger partial charge on any atom is 0.346 e. The fraction of sp³-hybridized carbons (Fsp3) is 0.194. The number of unbranched alkanes of at least 4 members (excludes halogenated alkanes) is 1. The lowest BCUT2D eigenvalue weighted by molar-refractivity contribution is 0.0728. The number of carbonyl (C=O) groups is 1. The third kappa shape index (κ3) is 6.22. The van der Waals surface area contributed by atoms with Crippen LogP contribution in [0.25, 0.3) is 22.3 Å². The predicted molar refractivity (Wildman–Crippen MR) is 140 cm³/mol. The van der Waals surface area contributed by atoms with E-state index >= 15 is 8.78 Å². The van der Waals surface area contributed by atoms with E-state index in [1.165, 1.54) is 36.4 Å². The molecular weight excluding hydrogens is 512 g/mol. The van der Waals surface area contributed by atoms with Crippen molar-refractivity contribution in [1.82, 2.24) is 0 Å². The second kappa shape index (κ2) is 12.5. The van der Waals surface area contributed by atoms with Crippen LogP contribution in [0.1, 0.15) is 37.0 Å². The van der Waals surface area contributed by atoms with Gasteiger partial charge in [-0.3, -0.25) is 0 Å². The summed E-state index contributed by atoms with van der Waals surface area (Å²) >= 11 is 0. The minimum absolute atomic E-state index is 0.00766. The standard InChI is InChI=1S/C31H26F4O4/c1-3-5-18-38-21-10-6-19(7-11-21)23-14-15-24(28(33)27(23)32)20-8-12-22(13-9-20)39-31(36)25-16-17-26(37-4-2)30(35)29(25)34/h6-17H,3-5,18H2,1-2H3. The molecule has 39 heavy (non-hydrogen) atoms. The highest BCUT2D eigenvalue weighted by Crippen LogP contribution is 2.33. The number of rotatable bonds is 10. The Kier molecular flexibility index (Phi) is 8.86. The summed E-state index contributed by atoms with van der Waals surface area (Å²) in [6.45, 7) is 4.39. The van der Waals surface area contributed by atoms with Crippen molar-refractivity contribution >= 4 is 5.97 Å². The fourth-order valence-electron chi connectivity index (χ4n) is 3.88. The molecule has 8 heteroatoms. The van der Waals surface area contributed by atoms with Crippen LogP contribution in [0.5, 0.6) is 17.2 Å². The van der Waals surface area contributed by atoms with Gasteiger partial charge in [-0.2, -0.15) is 4.39 Å². The average Bonchev–Trinajstić information content (AvgIpc) is 2.94. The monoisotopic (exact) mass is 538 g/mol. The number of benzene rings is 4. The van der Waals surface area contributed by atoms with Crippen LogP contribution in [0.4, 0.5) is 17.6 Å². The maximum atomic E-state index is 15.0. The van der Waals surface area contributed by atoms with Gasteiger partial charge in [0.15, 0.2) is 23.2 Å². The molecule has 202 valence electrons. The molecule has 0 aliphatic rings. The Balaban J connectivity index is 1.49. The molecule has 4 rings (SSSR count). The highest BCUT2D eigenvalue weighted by atomic mass is 19.2. The maximum absolute atomic E-state index is 15.0. The van der Waals surface area contributed by atoms with Crippen LogP contribution in [0.3, 0.4) is 0 Å². The van der Waals surface area contributed by atoms with Crippen molar-refractivity contribution in [3.8, 4) is 39.5 Å². The molecule has 0 unspecified atom stereocenters. The lowest BCUT2D eigenvalue weighted by Gasteiger charge is -2.11. The minimum Gasteiger partial charge on any atom is -0.494 e. The van der Waals surface area contributed by atoms with Crippen molar-refractivity contribution < 1.29 is 36.6 Å². The topological polar surface area (TPSA) is 44.8 Å². The number of hydrogen-bond acceptors (Lipinski definition) is 4. The summed E-state index contributed by atoms with van der Waals surface area (Å²) < 4.78 is 74.2. The number of ether oxygens (including phenoxy) is 3. The Hall–Kier alpha value is -4.33. The van der Waals surface area contributed by atoms with Crippen LogP contribution < -0.4 is 14.2 Å². The van der Waals surface area contributed by atoms with Crippen LogP contribution in [0.15, 0.2) is 72.8 Å². The summed E-state index contributed by atoms with van der Waals surface area (Å²) in [5.74, 6) is -5.49. The van der Waals surface area contributed by atoms with Crippen molar-refractivity contribution in [2.24, 2.45) is 0 Å². The zero-order valence-corrected chi connectivity index (χ0v) is 21.4. The summed E-state index contributed by atoms with van der Waals surface area (Å²) in [6.07, 6.45) is 1.93. The normalized spacial score (nSPS) is 10.8. The molecule has 4 nitrogen and oxygen atoms in total. The first-order valence-electron chi connectivity index (χ1n) is 12.5. The molecule has 0 amide bonds. The Morgan fingerprint density at radius 1 is 0.641 bits per heavy atom. The third-order valence-electron chi connectivity index (χ3n) is 5.96. The molecule has 0 aliphatic heterocycles. The van der Waals surface area contributed by atoms with Gasteiger partial charge in [0.25, 0.3) is 0 Å². The quantitative estimate of drug-likeness (QED) is 0.0881. The van der Waals surface area contributed by atoms with E-state index in [0.717, 1.165) is 25.0 Å². The molecule has 0 spiro atoms. The predicted octanol–water partition coefficient (Wildman–Crippen LogP) is 8.37. The molecular formula is C31H26F4O4. The number of esters is 1. The summed E-state index contributed by atoms with van der Waals surface area (Å²) in [5, 5.41) is 0. The molecule has 0 heterocycles. The Labute approximate surface area is 223 Å². The molecule has 0 radical (unpaired) electrons. The molecule has 0 aromatic heterocycles. The zero-order chi connectivity index (χ0) is 27.9. The Morgan fingerprint density at radius 3 is 1.74 bits per heavy atom. The summed E-state index contributed by atoms with van der Waals surface area (Å²) in [6, 6.07) is 17.4. The lowest BCUT2D eigenvalue weighted by Crippen LogP contribution is -2.12. The number of carbonyl (C=O) groups excluding carboxylic acids is 1. The number of halogens is 4. The van der Waals surface area contributed by atoms with Gasteiger partial charge in [0.2, 0.25) is 5.82 Å². The smallest absolute Gasteiger partial charge is 0.346 e. The van der Waals surface area contributed by atoms with Gasteiger partial charge in [0.1, 0.15) is 11.5 Å². The van der Waals surface area contributed by atoms with Gasteiger partial charge in [0, 0.05) is 11.1 Å². The SMILES string of the molecule is CCCCOc1ccc(-c2ccc(-c3ccc(OC(=O)c4ccc(OCC)c(F)c4F)cc3)c(F)c2F)cc1. The van der Waals surface area contributed by atoms with Crippen molar-refractivity contribution in [1.29, 1.82) is 0 Å². The van der Waals surface area contributed by atoms with E-state index in [0.29, 0.717) is 23.5 Å². The van der Waals surface area contributed by atoms with Crippen LogP contribution in [-0.4, -0.2) is 19.2 Å². The van der Waals surface area contributed by atoms with Gasteiger partial charge in [-0.25, -0.2) is 18.0 Å². The van der Waals surface area contributed by atoms with E-state index in [9.17, 15) is 13.6 Å². The molecule has 0 saturated heterocycles. The molecule has 4 aromatic carbocycles. The summed E-state index contributed by atoms with van der Waals surface area (Å²) in [4.78, 5) is 12.4. The first kappa shape index (κ1) is 27.7. The van der Waals surface area contributed by atoms with Crippen molar-refractivity contribution in [2.45, 2.75) is 26.7 Å². The van der Waals surface area contributed by atoms with Gasteiger partial charge in [-0.1, -0.05) is 49.7 Å². The van der Waals surface area contributed by atoms with E-state index in [-0.39, 0.29) is 29.2 Å². The summed E-state index contributed by atoms with van der Waals surface area (Å²) in [5.41, 5.74) is 0.334. The van der Waals surface area contributed by atoms with Crippen LogP contribution in [0, 0.1) is 23.3 Å². The van der Waals surface area contributed by atoms with E-state index in [1.807, 2.05) is 0 Å². The first-order chi connectivity index (χ1) is 18.8. The molecule has 0 bridgehead atoms. The zero-order valence-electron chi connectivity index (χ0n) is 21.4. The van der Waals surface area contributed by atoms with Crippen molar-refractivity contribution in [3.05, 3.63) is 102 Å². The van der Waals surface area contributed by atoms with Gasteiger partial charge in [-0.05, 0) is 60.9 Å². The van der Waals surface area contributed by atoms with E-state index in [2.05, 4.69) is 6.92 Å². The van der Waals surface area contributed by atoms with Gasteiger partial charge >= 0.3 is 5.97 Å². The Bertz CT molecular complexity index is 1450. The van der Waals surface area contributed by atoms with Crippen molar-refractivity contribution in [3.63, 3.8) is 0 Å². The first-order valence-corrected chi connectivity index (χ1v) is 12.5. The summed E-state index contributed by atoms with van der Waals surface area (Å²) in [7, 11) is 0. The average molecular weight is 539 g/mol. The lowest BCUT2D eigenvalue weighted by atomic mass is 9.98. The van der Waals surface area contributed by atoms with Crippen LogP contribution in [0.2, 0.25) is 0 Å². The molecule has 0 saturated carbocycles. The van der Waals surface area contributed by atoms with Crippen LogP contribution >= 0.6 is 0 Å². The second-order valence-electron chi connectivity index (χ2n) is 8.60. The van der Waals surface area contributed by atoms with Gasteiger partial charge in [0.05, 0.1) is 18.8 Å². The third-order valence-corrected chi connectivity index (χ3v) is 5.96. The minimum atomic E-state index is -1.39. The highest BCUT2D eigenvalue weighted by molar-refractivity contribution is 5.91.